The highest BCUT2D eigenvalue weighted by atomic mass is 16.1. The Labute approximate surface area is 179 Å². The summed E-state index contributed by atoms with van der Waals surface area (Å²) < 4.78 is 0. The van der Waals surface area contributed by atoms with Gasteiger partial charge in [0, 0.05) is 44.2 Å². The van der Waals surface area contributed by atoms with E-state index in [0.717, 1.165) is 62.5 Å². The molecule has 6 heteroatoms. The Bertz CT molecular complexity index is 875. The zero-order valence-corrected chi connectivity index (χ0v) is 18.4. The minimum absolute atomic E-state index is 0.0533. The van der Waals surface area contributed by atoms with Crippen LogP contribution in [0.15, 0.2) is 30.3 Å². The summed E-state index contributed by atoms with van der Waals surface area (Å²) in [6.45, 7) is 7.91. The van der Waals surface area contributed by atoms with E-state index in [1.54, 1.807) is 0 Å². The van der Waals surface area contributed by atoms with E-state index in [2.05, 4.69) is 71.3 Å². The lowest BCUT2D eigenvalue weighted by atomic mass is 10.00. The number of rotatable bonds is 6. The fourth-order valence-electron chi connectivity index (χ4n) is 4.56. The third-order valence-electron chi connectivity index (χ3n) is 6.16. The quantitative estimate of drug-likeness (QED) is 0.797. The maximum Gasteiger partial charge on any atom is 0.270 e. The van der Waals surface area contributed by atoms with Crippen LogP contribution in [0, 0.1) is 5.92 Å². The normalized spacial score (nSPS) is 17.4. The second-order valence-electron chi connectivity index (χ2n) is 9.01. The molecule has 1 aromatic heterocycles. The molecule has 0 radical (unpaired) electrons. The first-order valence-electron chi connectivity index (χ1n) is 11.2. The Kier molecular flexibility index (Phi) is 6.32. The van der Waals surface area contributed by atoms with Gasteiger partial charge < -0.3 is 10.2 Å². The van der Waals surface area contributed by atoms with E-state index in [1.165, 1.54) is 5.56 Å². The van der Waals surface area contributed by atoms with Gasteiger partial charge in [0.25, 0.3) is 5.91 Å². The van der Waals surface area contributed by atoms with Crippen LogP contribution >= 0.6 is 0 Å². The number of nitrogens with zero attached hydrogens (tertiary/aromatic N) is 4. The summed E-state index contributed by atoms with van der Waals surface area (Å²) >= 11 is 0. The second kappa shape index (κ2) is 9.13. The van der Waals surface area contributed by atoms with Gasteiger partial charge in [-0.05, 0) is 37.8 Å². The summed E-state index contributed by atoms with van der Waals surface area (Å²) in [5.41, 5.74) is 2.98. The van der Waals surface area contributed by atoms with Gasteiger partial charge in [0.2, 0.25) is 0 Å². The average molecular weight is 408 g/mol. The molecule has 0 saturated carbocycles. The number of piperidine rings is 1. The SMILES string of the molecule is CC(C)Cc1nc2c(c(N3CCC(N(C)Cc4ccccc4)CC3)n1)CCNC2=O. The van der Waals surface area contributed by atoms with E-state index in [-0.39, 0.29) is 5.91 Å². The molecule has 1 saturated heterocycles. The lowest BCUT2D eigenvalue weighted by Crippen LogP contribution is -2.44. The highest BCUT2D eigenvalue weighted by molar-refractivity contribution is 5.96. The molecule has 2 aliphatic heterocycles. The highest BCUT2D eigenvalue weighted by Gasteiger charge is 2.29. The largest absolute Gasteiger partial charge is 0.356 e. The van der Waals surface area contributed by atoms with Crippen molar-refractivity contribution in [3.05, 3.63) is 53.0 Å². The first-order valence-corrected chi connectivity index (χ1v) is 11.2. The molecule has 2 aliphatic rings. The maximum absolute atomic E-state index is 12.4. The van der Waals surface area contributed by atoms with E-state index >= 15 is 0 Å². The molecule has 1 aromatic carbocycles. The monoisotopic (exact) mass is 407 g/mol. The number of anilines is 1. The van der Waals surface area contributed by atoms with Crippen LogP contribution in [0.2, 0.25) is 0 Å². The molecule has 0 unspecified atom stereocenters. The van der Waals surface area contributed by atoms with Gasteiger partial charge in [0.15, 0.2) is 0 Å². The Morgan fingerprint density at radius 1 is 1.17 bits per heavy atom. The van der Waals surface area contributed by atoms with E-state index in [1.807, 2.05) is 0 Å². The third-order valence-corrected chi connectivity index (χ3v) is 6.16. The van der Waals surface area contributed by atoms with Crippen molar-refractivity contribution in [3.8, 4) is 0 Å². The summed E-state index contributed by atoms with van der Waals surface area (Å²) in [4.78, 5) is 26.9. The molecular weight excluding hydrogens is 374 g/mol. The van der Waals surface area contributed by atoms with Gasteiger partial charge in [0.05, 0.1) is 0 Å². The van der Waals surface area contributed by atoms with E-state index < -0.39 is 0 Å². The number of fused-ring (bicyclic) bond motifs is 1. The van der Waals surface area contributed by atoms with Crippen molar-refractivity contribution in [3.63, 3.8) is 0 Å². The summed E-state index contributed by atoms with van der Waals surface area (Å²) in [5, 5.41) is 2.94. The lowest BCUT2D eigenvalue weighted by Gasteiger charge is -2.38. The molecule has 4 rings (SSSR count). The van der Waals surface area contributed by atoms with Crippen molar-refractivity contribution in [1.82, 2.24) is 20.2 Å². The molecular formula is C24H33N5O. The fraction of sp³-hybridized carbons (Fsp3) is 0.542. The number of nitrogens with one attached hydrogen (secondary N) is 1. The first kappa shape index (κ1) is 20.8. The van der Waals surface area contributed by atoms with Gasteiger partial charge in [-0.25, -0.2) is 9.97 Å². The Balaban J connectivity index is 1.48. The molecule has 6 nitrogen and oxygen atoms in total. The first-order chi connectivity index (χ1) is 14.5. The van der Waals surface area contributed by atoms with Crippen molar-refractivity contribution in [1.29, 1.82) is 0 Å². The molecule has 1 amide bonds. The van der Waals surface area contributed by atoms with Crippen molar-refractivity contribution < 1.29 is 4.79 Å². The van der Waals surface area contributed by atoms with Crippen LogP contribution < -0.4 is 10.2 Å². The van der Waals surface area contributed by atoms with Gasteiger partial charge in [-0.2, -0.15) is 0 Å². The average Bonchev–Trinajstić information content (AvgIpc) is 2.74. The Morgan fingerprint density at radius 3 is 2.60 bits per heavy atom. The molecule has 2 aromatic rings. The molecule has 0 spiro atoms. The standard InChI is InChI=1S/C24H33N5O/c1-17(2)15-21-26-22-20(9-12-25-24(22)30)23(27-21)29-13-10-19(11-14-29)28(3)16-18-7-5-4-6-8-18/h4-8,17,19H,9-16H2,1-3H3,(H,25,30). The molecule has 0 bridgehead atoms. The van der Waals surface area contributed by atoms with Gasteiger partial charge in [-0.3, -0.25) is 9.69 Å². The zero-order valence-electron chi connectivity index (χ0n) is 18.4. The third kappa shape index (κ3) is 4.64. The van der Waals surface area contributed by atoms with Crippen LogP contribution in [0.4, 0.5) is 5.82 Å². The number of aromatic nitrogens is 2. The fourth-order valence-corrected chi connectivity index (χ4v) is 4.56. The topological polar surface area (TPSA) is 61.4 Å². The van der Waals surface area contributed by atoms with Crippen LogP contribution in [0.1, 0.15) is 54.1 Å². The summed E-state index contributed by atoms with van der Waals surface area (Å²) in [6.07, 6.45) is 3.82. The minimum atomic E-state index is -0.0533. The van der Waals surface area contributed by atoms with Gasteiger partial charge >= 0.3 is 0 Å². The molecule has 0 atom stereocenters. The van der Waals surface area contributed by atoms with Crippen molar-refractivity contribution in [2.24, 2.45) is 5.92 Å². The Morgan fingerprint density at radius 2 is 1.90 bits per heavy atom. The van der Waals surface area contributed by atoms with Crippen molar-refractivity contribution in [2.45, 2.75) is 52.1 Å². The number of benzene rings is 1. The van der Waals surface area contributed by atoms with Crippen LogP contribution in [-0.2, 0) is 19.4 Å². The Hall–Kier alpha value is -2.47. The van der Waals surface area contributed by atoms with Gasteiger partial charge in [0.1, 0.15) is 17.3 Å². The number of carbonyl (C=O) groups is 1. The number of carbonyl (C=O) groups excluding carboxylic acids is 1. The molecule has 0 aliphatic carbocycles. The lowest BCUT2D eigenvalue weighted by molar-refractivity contribution is 0.0939. The molecule has 3 heterocycles. The van der Waals surface area contributed by atoms with E-state index in [4.69, 9.17) is 4.98 Å². The number of hydrogen-bond acceptors (Lipinski definition) is 5. The predicted molar refractivity (Wildman–Crippen MR) is 120 cm³/mol. The van der Waals surface area contributed by atoms with Crippen LogP contribution in [-0.4, -0.2) is 53.5 Å². The summed E-state index contributed by atoms with van der Waals surface area (Å²) in [6, 6.07) is 11.2. The second-order valence-corrected chi connectivity index (χ2v) is 9.01. The van der Waals surface area contributed by atoms with Crippen molar-refractivity contribution in [2.75, 3.05) is 31.6 Å². The molecule has 1 N–H and O–H groups in total. The van der Waals surface area contributed by atoms with Crippen LogP contribution in [0.3, 0.4) is 0 Å². The van der Waals surface area contributed by atoms with E-state index in [9.17, 15) is 4.79 Å². The number of hydrogen-bond donors (Lipinski definition) is 1. The summed E-state index contributed by atoms with van der Waals surface area (Å²) in [7, 11) is 2.23. The van der Waals surface area contributed by atoms with E-state index in [0.29, 0.717) is 24.2 Å². The minimum Gasteiger partial charge on any atom is -0.356 e. The molecule has 160 valence electrons. The molecule has 1 fully saturated rings. The molecule has 30 heavy (non-hydrogen) atoms. The smallest absolute Gasteiger partial charge is 0.270 e. The zero-order chi connectivity index (χ0) is 21.1. The maximum atomic E-state index is 12.4. The highest BCUT2D eigenvalue weighted by Crippen LogP contribution is 2.28. The summed E-state index contributed by atoms with van der Waals surface area (Å²) in [5.74, 6) is 2.19. The predicted octanol–water partition coefficient (Wildman–Crippen LogP) is 3.06. The van der Waals surface area contributed by atoms with Crippen molar-refractivity contribution >= 4 is 11.7 Å². The number of amides is 1. The van der Waals surface area contributed by atoms with Crippen LogP contribution in [0.5, 0.6) is 0 Å². The van der Waals surface area contributed by atoms with Gasteiger partial charge in [-0.15, -0.1) is 0 Å². The van der Waals surface area contributed by atoms with Crippen LogP contribution in [0.25, 0.3) is 0 Å². The van der Waals surface area contributed by atoms with Gasteiger partial charge in [-0.1, -0.05) is 44.2 Å².